The molecule has 0 atom stereocenters. The maximum atomic E-state index is 12.6. The zero-order chi connectivity index (χ0) is 14.9. The Morgan fingerprint density at radius 3 is 2.57 bits per heavy atom. The van der Waals surface area contributed by atoms with E-state index in [1.165, 1.54) is 7.11 Å². The molecule has 1 aromatic carbocycles. The molecule has 2 saturated heterocycles. The van der Waals surface area contributed by atoms with E-state index in [4.69, 9.17) is 25.8 Å². The summed E-state index contributed by atoms with van der Waals surface area (Å²) < 4.78 is 16.6. The lowest BCUT2D eigenvalue weighted by Gasteiger charge is -2.37. The van der Waals surface area contributed by atoms with Gasteiger partial charge in [-0.2, -0.15) is 0 Å². The smallest absolute Gasteiger partial charge is 0.257 e. The van der Waals surface area contributed by atoms with Crippen LogP contribution in [0.25, 0.3) is 0 Å². The summed E-state index contributed by atoms with van der Waals surface area (Å²) >= 11 is 5.93. The summed E-state index contributed by atoms with van der Waals surface area (Å²) in [5.41, 5.74) is 0.533. The average Bonchev–Trinajstić information content (AvgIpc) is 2.95. The Morgan fingerprint density at radius 2 is 1.95 bits per heavy atom. The van der Waals surface area contributed by atoms with Crippen LogP contribution in [0, 0.1) is 0 Å². The van der Waals surface area contributed by atoms with Gasteiger partial charge in [0.25, 0.3) is 5.91 Å². The maximum Gasteiger partial charge on any atom is 0.257 e. The largest absolute Gasteiger partial charge is 0.496 e. The fourth-order valence-electron chi connectivity index (χ4n) is 2.85. The molecule has 2 fully saturated rings. The first kappa shape index (κ1) is 14.6. The van der Waals surface area contributed by atoms with E-state index in [2.05, 4.69) is 0 Å². The predicted molar refractivity (Wildman–Crippen MR) is 77.8 cm³/mol. The third-order valence-corrected chi connectivity index (χ3v) is 4.26. The van der Waals surface area contributed by atoms with E-state index in [0.717, 1.165) is 0 Å². The molecule has 0 saturated carbocycles. The first-order chi connectivity index (χ1) is 10.1. The van der Waals surface area contributed by atoms with Crippen molar-refractivity contribution in [1.82, 2.24) is 4.90 Å². The Hall–Kier alpha value is -1.30. The number of benzene rings is 1. The number of carbonyl (C=O) groups is 1. The van der Waals surface area contributed by atoms with E-state index < -0.39 is 5.79 Å². The number of methoxy groups -OCH3 is 1. The lowest BCUT2D eigenvalue weighted by molar-refractivity contribution is -0.181. The topological polar surface area (TPSA) is 48.0 Å². The number of hydrogen-bond acceptors (Lipinski definition) is 4. The standard InChI is InChI=1S/C15H18ClNO4/c1-19-13-10-11(16)2-3-12(13)14(18)17-6-4-15(5-7-17)20-8-9-21-15/h2-3,10H,4-9H2,1H3. The molecule has 0 N–H and O–H groups in total. The summed E-state index contributed by atoms with van der Waals surface area (Å²) in [7, 11) is 1.54. The SMILES string of the molecule is COc1cc(Cl)ccc1C(=O)N1CCC2(CC1)OCCO2. The summed E-state index contributed by atoms with van der Waals surface area (Å²) in [6.07, 6.45) is 1.41. The third kappa shape index (κ3) is 2.86. The summed E-state index contributed by atoms with van der Waals surface area (Å²) in [6.45, 7) is 2.51. The molecule has 0 aromatic heterocycles. The Bertz CT molecular complexity index is 532. The highest BCUT2D eigenvalue weighted by atomic mass is 35.5. The fraction of sp³-hybridized carbons (Fsp3) is 0.533. The predicted octanol–water partition coefficient (Wildman–Crippen LogP) is 2.33. The first-order valence-electron chi connectivity index (χ1n) is 7.04. The molecule has 2 aliphatic rings. The zero-order valence-corrected chi connectivity index (χ0v) is 12.7. The van der Waals surface area contributed by atoms with Crippen LogP contribution in [-0.2, 0) is 9.47 Å². The normalized spacial score (nSPS) is 20.8. The molecular weight excluding hydrogens is 294 g/mol. The molecule has 1 amide bonds. The van der Waals surface area contributed by atoms with Gasteiger partial charge in [-0.15, -0.1) is 0 Å². The van der Waals surface area contributed by atoms with Gasteiger partial charge in [-0.25, -0.2) is 0 Å². The average molecular weight is 312 g/mol. The van der Waals surface area contributed by atoms with Crippen LogP contribution in [-0.4, -0.2) is 50.0 Å². The minimum absolute atomic E-state index is 0.0450. The van der Waals surface area contributed by atoms with Crippen molar-refractivity contribution in [2.45, 2.75) is 18.6 Å². The highest BCUT2D eigenvalue weighted by molar-refractivity contribution is 6.30. The quantitative estimate of drug-likeness (QED) is 0.841. The van der Waals surface area contributed by atoms with Gasteiger partial charge in [-0.3, -0.25) is 4.79 Å². The van der Waals surface area contributed by atoms with Crippen molar-refractivity contribution in [3.8, 4) is 5.75 Å². The van der Waals surface area contributed by atoms with E-state index >= 15 is 0 Å². The second-order valence-corrected chi connectivity index (χ2v) is 5.68. The van der Waals surface area contributed by atoms with Crippen LogP contribution in [0.2, 0.25) is 5.02 Å². The van der Waals surface area contributed by atoms with E-state index in [0.29, 0.717) is 55.5 Å². The highest BCUT2D eigenvalue weighted by Gasteiger charge is 2.41. The summed E-state index contributed by atoms with van der Waals surface area (Å²) in [5.74, 6) is -0.0153. The molecule has 0 aliphatic carbocycles. The molecule has 5 nitrogen and oxygen atoms in total. The number of carbonyl (C=O) groups excluding carboxylic acids is 1. The number of halogens is 1. The van der Waals surface area contributed by atoms with Crippen molar-refractivity contribution in [1.29, 1.82) is 0 Å². The van der Waals surface area contributed by atoms with Crippen LogP contribution in [0.3, 0.4) is 0 Å². The highest BCUT2D eigenvalue weighted by Crippen LogP contribution is 2.32. The molecule has 0 radical (unpaired) electrons. The number of piperidine rings is 1. The summed E-state index contributed by atoms with van der Waals surface area (Å²) in [4.78, 5) is 14.4. The Morgan fingerprint density at radius 1 is 1.29 bits per heavy atom. The van der Waals surface area contributed by atoms with Gasteiger partial charge in [0.05, 0.1) is 25.9 Å². The molecule has 21 heavy (non-hydrogen) atoms. The second kappa shape index (κ2) is 5.83. The van der Waals surface area contributed by atoms with Crippen LogP contribution >= 0.6 is 11.6 Å². The van der Waals surface area contributed by atoms with Crippen LogP contribution in [0.1, 0.15) is 23.2 Å². The monoisotopic (exact) mass is 311 g/mol. The Balaban J connectivity index is 1.72. The summed E-state index contributed by atoms with van der Waals surface area (Å²) in [6, 6.07) is 5.06. The molecule has 0 unspecified atom stereocenters. The Kier molecular flexibility index (Phi) is 4.06. The van der Waals surface area contributed by atoms with Crippen LogP contribution in [0.4, 0.5) is 0 Å². The van der Waals surface area contributed by atoms with Gasteiger partial charge in [0, 0.05) is 31.0 Å². The van der Waals surface area contributed by atoms with Gasteiger partial charge in [-0.1, -0.05) is 11.6 Å². The molecule has 6 heteroatoms. The molecule has 1 spiro atoms. The van der Waals surface area contributed by atoms with Crippen molar-refractivity contribution in [2.24, 2.45) is 0 Å². The van der Waals surface area contributed by atoms with Gasteiger partial charge in [0.2, 0.25) is 0 Å². The van der Waals surface area contributed by atoms with Gasteiger partial charge < -0.3 is 19.1 Å². The van der Waals surface area contributed by atoms with Gasteiger partial charge >= 0.3 is 0 Å². The number of amides is 1. The number of hydrogen-bond donors (Lipinski definition) is 0. The molecule has 0 bridgehead atoms. The zero-order valence-electron chi connectivity index (χ0n) is 11.9. The van der Waals surface area contributed by atoms with Crippen LogP contribution in [0.15, 0.2) is 18.2 Å². The molecule has 3 rings (SSSR count). The van der Waals surface area contributed by atoms with Crippen LogP contribution < -0.4 is 4.74 Å². The molecule has 2 heterocycles. The molecule has 1 aromatic rings. The number of ether oxygens (including phenoxy) is 3. The number of rotatable bonds is 2. The summed E-state index contributed by atoms with van der Waals surface area (Å²) in [5, 5.41) is 0.550. The Labute approximate surface area is 128 Å². The van der Waals surface area contributed by atoms with Crippen LogP contribution in [0.5, 0.6) is 5.75 Å². The lowest BCUT2D eigenvalue weighted by Crippen LogP contribution is -2.47. The third-order valence-electron chi connectivity index (χ3n) is 4.02. The van der Waals surface area contributed by atoms with E-state index in [9.17, 15) is 4.79 Å². The maximum absolute atomic E-state index is 12.6. The molecule has 114 valence electrons. The van der Waals surface area contributed by atoms with Crippen molar-refractivity contribution in [3.05, 3.63) is 28.8 Å². The second-order valence-electron chi connectivity index (χ2n) is 5.24. The minimum Gasteiger partial charge on any atom is -0.496 e. The lowest BCUT2D eigenvalue weighted by atomic mass is 10.0. The van der Waals surface area contributed by atoms with E-state index in [-0.39, 0.29) is 5.91 Å². The van der Waals surface area contributed by atoms with Crippen molar-refractivity contribution in [2.75, 3.05) is 33.4 Å². The van der Waals surface area contributed by atoms with Gasteiger partial charge in [0.1, 0.15) is 5.75 Å². The molecular formula is C15H18ClNO4. The van der Waals surface area contributed by atoms with Gasteiger partial charge in [0.15, 0.2) is 5.79 Å². The minimum atomic E-state index is -0.471. The van der Waals surface area contributed by atoms with Crippen molar-refractivity contribution in [3.63, 3.8) is 0 Å². The van der Waals surface area contributed by atoms with Crippen molar-refractivity contribution < 1.29 is 19.0 Å². The van der Waals surface area contributed by atoms with E-state index in [1.807, 2.05) is 4.90 Å². The first-order valence-corrected chi connectivity index (χ1v) is 7.42. The van der Waals surface area contributed by atoms with E-state index in [1.54, 1.807) is 18.2 Å². The molecule has 2 aliphatic heterocycles. The number of likely N-dealkylation sites (tertiary alicyclic amines) is 1. The fourth-order valence-corrected chi connectivity index (χ4v) is 3.01. The number of nitrogens with zero attached hydrogens (tertiary/aromatic N) is 1. The van der Waals surface area contributed by atoms with Gasteiger partial charge in [-0.05, 0) is 18.2 Å². The van der Waals surface area contributed by atoms with Crippen molar-refractivity contribution >= 4 is 17.5 Å².